The van der Waals surface area contributed by atoms with E-state index >= 15 is 0 Å². The third-order valence-corrected chi connectivity index (χ3v) is 3.21. The summed E-state index contributed by atoms with van der Waals surface area (Å²) in [6.07, 6.45) is 5.48. The van der Waals surface area contributed by atoms with Crippen LogP contribution in [-0.2, 0) is 6.54 Å². The van der Waals surface area contributed by atoms with Crippen molar-refractivity contribution in [2.24, 2.45) is 0 Å². The first-order chi connectivity index (χ1) is 9.72. The van der Waals surface area contributed by atoms with Gasteiger partial charge >= 0.3 is 0 Å². The molecule has 0 aliphatic heterocycles. The highest BCUT2D eigenvalue weighted by Crippen LogP contribution is 2.14. The maximum absolute atomic E-state index is 12.2. The number of nitrogens with one attached hydrogen (secondary N) is 2. The molecule has 0 spiro atoms. The topological polar surface area (TPSA) is 62.7 Å². The van der Waals surface area contributed by atoms with E-state index < -0.39 is 0 Å². The maximum atomic E-state index is 12.2. The molecule has 0 aliphatic carbocycles. The number of aromatic nitrogens is 3. The quantitative estimate of drug-likeness (QED) is 0.762. The molecule has 5 nitrogen and oxygen atoms in total. The van der Waals surface area contributed by atoms with Gasteiger partial charge in [0.2, 0.25) is 0 Å². The molecule has 3 aromatic rings. The lowest BCUT2D eigenvalue weighted by atomic mass is 10.1. The van der Waals surface area contributed by atoms with Gasteiger partial charge in [0.15, 0.2) is 0 Å². The Kier molecular flexibility index (Phi) is 3.25. The molecule has 1 aromatic carbocycles. The summed E-state index contributed by atoms with van der Waals surface area (Å²) in [5, 5.41) is 8.15. The van der Waals surface area contributed by atoms with E-state index in [1.165, 1.54) is 0 Å². The van der Waals surface area contributed by atoms with Gasteiger partial charge in [0, 0.05) is 41.1 Å². The summed E-state index contributed by atoms with van der Waals surface area (Å²) >= 11 is 0. The van der Waals surface area contributed by atoms with Crippen LogP contribution in [0.25, 0.3) is 10.9 Å². The van der Waals surface area contributed by atoms with Gasteiger partial charge in [0.25, 0.3) is 5.91 Å². The van der Waals surface area contributed by atoms with Crippen molar-refractivity contribution in [1.82, 2.24) is 20.1 Å². The molecule has 0 radical (unpaired) electrons. The van der Waals surface area contributed by atoms with Crippen molar-refractivity contribution in [2.45, 2.75) is 19.5 Å². The fraction of sp³-hybridized carbons (Fsp3) is 0.200. The fourth-order valence-electron chi connectivity index (χ4n) is 2.24. The van der Waals surface area contributed by atoms with Gasteiger partial charge in [-0.1, -0.05) is 0 Å². The summed E-state index contributed by atoms with van der Waals surface area (Å²) in [4.78, 5) is 15.3. The van der Waals surface area contributed by atoms with Gasteiger partial charge in [0.1, 0.15) is 0 Å². The molecule has 0 aliphatic rings. The summed E-state index contributed by atoms with van der Waals surface area (Å²) < 4.78 is 1.81. The number of benzene rings is 1. The fourth-order valence-corrected chi connectivity index (χ4v) is 2.24. The zero-order valence-electron chi connectivity index (χ0n) is 11.2. The van der Waals surface area contributed by atoms with Gasteiger partial charge in [-0.25, -0.2) is 0 Å². The lowest BCUT2D eigenvalue weighted by Gasteiger charge is -2.14. The molecule has 0 bridgehead atoms. The molecule has 0 fully saturated rings. The molecular formula is C15H16N4O. The second-order valence-electron chi connectivity index (χ2n) is 4.88. The van der Waals surface area contributed by atoms with Crippen LogP contribution < -0.4 is 5.32 Å². The lowest BCUT2D eigenvalue weighted by Crippen LogP contribution is -2.35. The van der Waals surface area contributed by atoms with Crippen molar-refractivity contribution in [2.75, 3.05) is 0 Å². The SMILES string of the molecule is CC(Cn1cccn1)NC(=O)c1ccc2[nH]ccc2c1. The number of carbonyl (C=O) groups is 1. The van der Waals surface area contributed by atoms with Crippen LogP contribution >= 0.6 is 0 Å². The van der Waals surface area contributed by atoms with Crippen LogP contribution in [-0.4, -0.2) is 26.7 Å². The van der Waals surface area contributed by atoms with Crippen LogP contribution in [0, 0.1) is 0 Å². The molecule has 3 rings (SSSR count). The maximum Gasteiger partial charge on any atom is 0.251 e. The van der Waals surface area contributed by atoms with Crippen molar-refractivity contribution in [3.05, 3.63) is 54.5 Å². The number of hydrogen-bond acceptors (Lipinski definition) is 2. The van der Waals surface area contributed by atoms with E-state index in [1.54, 1.807) is 10.9 Å². The van der Waals surface area contributed by atoms with Gasteiger partial charge in [0.05, 0.1) is 6.54 Å². The summed E-state index contributed by atoms with van der Waals surface area (Å²) in [5.74, 6) is -0.0623. The molecule has 2 heterocycles. The Balaban J connectivity index is 1.68. The first-order valence-electron chi connectivity index (χ1n) is 6.58. The zero-order valence-corrected chi connectivity index (χ0v) is 11.2. The predicted octanol–water partition coefficient (Wildman–Crippen LogP) is 2.18. The van der Waals surface area contributed by atoms with Crippen LogP contribution in [0.1, 0.15) is 17.3 Å². The molecular weight excluding hydrogens is 252 g/mol. The Hall–Kier alpha value is -2.56. The lowest BCUT2D eigenvalue weighted by molar-refractivity contribution is 0.0936. The largest absolute Gasteiger partial charge is 0.361 e. The highest BCUT2D eigenvalue weighted by Gasteiger charge is 2.11. The van der Waals surface area contributed by atoms with Crippen LogP contribution in [0.15, 0.2) is 48.9 Å². The van der Waals surface area contributed by atoms with Crippen molar-refractivity contribution < 1.29 is 4.79 Å². The number of hydrogen-bond donors (Lipinski definition) is 2. The first-order valence-corrected chi connectivity index (χ1v) is 6.58. The number of aromatic amines is 1. The van der Waals surface area contributed by atoms with Crippen LogP contribution in [0.4, 0.5) is 0 Å². The number of amides is 1. The molecule has 1 unspecified atom stereocenters. The Morgan fingerprint density at radius 3 is 3.15 bits per heavy atom. The van der Waals surface area contributed by atoms with Gasteiger partial charge in [-0.3, -0.25) is 9.48 Å². The molecule has 0 saturated carbocycles. The van der Waals surface area contributed by atoms with Gasteiger partial charge in [-0.15, -0.1) is 0 Å². The van der Waals surface area contributed by atoms with E-state index in [0.717, 1.165) is 10.9 Å². The van der Waals surface area contributed by atoms with E-state index in [4.69, 9.17) is 0 Å². The van der Waals surface area contributed by atoms with Crippen molar-refractivity contribution in [3.8, 4) is 0 Å². The number of rotatable bonds is 4. The molecule has 102 valence electrons. The minimum absolute atomic E-state index is 0.0179. The summed E-state index contributed by atoms with van der Waals surface area (Å²) in [6.45, 7) is 2.62. The zero-order chi connectivity index (χ0) is 13.9. The molecule has 2 aromatic heterocycles. The molecule has 5 heteroatoms. The molecule has 20 heavy (non-hydrogen) atoms. The highest BCUT2D eigenvalue weighted by atomic mass is 16.1. The monoisotopic (exact) mass is 268 g/mol. The average molecular weight is 268 g/mol. The Morgan fingerprint density at radius 2 is 2.35 bits per heavy atom. The number of carbonyl (C=O) groups excluding carboxylic acids is 1. The molecule has 0 saturated heterocycles. The third kappa shape index (κ3) is 2.56. The normalized spacial score (nSPS) is 12.4. The van der Waals surface area contributed by atoms with E-state index in [0.29, 0.717) is 12.1 Å². The molecule has 2 N–H and O–H groups in total. The second kappa shape index (κ2) is 5.21. The minimum Gasteiger partial charge on any atom is -0.361 e. The van der Waals surface area contributed by atoms with Gasteiger partial charge in [-0.2, -0.15) is 5.10 Å². The van der Waals surface area contributed by atoms with Gasteiger partial charge < -0.3 is 10.3 Å². The Labute approximate surface area is 116 Å². The van der Waals surface area contributed by atoms with Crippen LogP contribution in [0.2, 0.25) is 0 Å². The Bertz CT molecular complexity index is 714. The summed E-state index contributed by atoms with van der Waals surface area (Å²) in [7, 11) is 0. The van der Waals surface area contributed by atoms with Crippen LogP contribution in [0.5, 0.6) is 0 Å². The second-order valence-corrected chi connectivity index (χ2v) is 4.88. The minimum atomic E-state index is -0.0623. The van der Waals surface area contributed by atoms with E-state index in [2.05, 4.69) is 15.4 Å². The number of nitrogens with zero attached hydrogens (tertiary/aromatic N) is 2. The average Bonchev–Trinajstić information content (AvgIpc) is 3.07. The summed E-state index contributed by atoms with van der Waals surface area (Å²) in [6, 6.07) is 9.48. The van der Waals surface area contributed by atoms with Gasteiger partial charge in [-0.05, 0) is 37.3 Å². The highest BCUT2D eigenvalue weighted by molar-refractivity contribution is 5.98. The first kappa shape index (κ1) is 12.5. The number of H-pyrrole nitrogens is 1. The molecule has 1 atom stereocenters. The van der Waals surface area contributed by atoms with Crippen molar-refractivity contribution >= 4 is 16.8 Å². The van der Waals surface area contributed by atoms with E-state index in [1.807, 2.05) is 49.6 Å². The van der Waals surface area contributed by atoms with Crippen molar-refractivity contribution in [1.29, 1.82) is 0 Å². The van der Waals surface area contributed by atoms with E-state index in [9.17, 15) is 4.79 Å². The standard InChI is InChI=1S/C15H16N4O/c1-11(10-19-8-2-6-17-19)18-15(20)13-3-4-14-12(9-13)5-7-16-14/h2-9,11,16H,10H2,1H3,(H,18,20). The van der Waals surface area contributed by atoms with Crippen molar-refractivity contribution in [3.63, 3.8) is 0 Å². The smallest absolute Gasteiger partial charge is 0.251 e. The third-order valence-electron chi connectivity index (χ3n) is 3.21. The molecule has 1 amide bonds. The summed E-state index contributed by atoms with van der Waals surface area (Å²) in [5.41, 5.74) is 1.70. The predicted molar refractivity (Wildman–Crippen MR) is 77.5 cm³/mol. The van der Waals surface area contributed by atoms with E-state index in [-0.39, 0.29) is 11.9 Å². The number of fused-ring (bicyclic) bond motifs is 1. The van der Waals surface area contributed by atoms with Crippen LogP contribution in [0.3, 0.4) is 0 Å². The Morgan fingerprint density at radius 1 is 1.45 bits per heavy atom.